The second-order valence-corrected chi connectivity index (χ2v) is 4.25. The summed E-state index contributed by atoms with van der Waals surface area (Å²) in [7, 11) is 0. The third-order valence-corrected chi connectivity index (χ3v) is 2.59. The van der Waals surface area contributed by atoms with Crippen LogP contribution in [0.1, 0.15) is 51.9 Å². The van der Waals surface area contributed by atoms with Gasteiger partial charge in [0.15, 0.2) is 0 Å². The second kappa shape index (κ2) is 10.1. The molecule has 5 nitrogen and oxygen atoms in total. The lowest BCUT2D eigenvalue weighted by molar-refractivity contribution is -0.138. The van der Waals surface area contributed by atoms with Gasteiger partial charge in [0.25, 0.3) is 0 Å². The van der Waals surface area contributed by atoms with E-state index in [1.807, 2.05) is 0 Å². The van der Waals surface area contributed by atoms with E-state index in [9.17, 15) is 9.59 Å². The van der Waals surface area contributed by atoms with Gasteiger partial charge in [0.2, 0.25) is 5.91 Å². The third kappa shape index (κ3) is 9.81. The van der Waals surface area contributed by atoms with Crippen LogP contribution >= 0.6 is 0 Å². The molecule has 1 amide bonds. The first-order chi connectivity index (χ1) is 8.07. The van der Waals surface area contributed by atoms with E-state index in [1.165, 1.54) is 12.8 Å². The average molecular weight is 244 g/mol. The van der Waals surface area contributed by atoms with Gasteiger partial charge in [-0.3, -0.25) is 9.59 Å². The quantitative estimate of drug-likeness (QED) is 0.504. The Labute approximate surface area is 103 Å². The van der Waals surface area contributed by atoms with Crippen molar-refractivity contribution >= 4 is 11.9 Å². The SMILES string of the molecule is CCCCCCNC(=O)CCC[C@H](N)C(=O)O. The van der Waals surface area contributed by atoms with Gasteiger partial charge in [0, 0.05) is 13.0 Å². The van der Waals surface area contributed by atoms with E-state index < -0.39 is 12.0 Å². The average Bonchev–Trinajstić information content (AvgIpc) is 2.28. The lowest BCUT2D eigenvalue weighted by Crippen LogP contribution is -2.30. The monoisotopic (exact) mass is 244 g/mol. The summed E-state index contributed by atoms with van der Waals surface area (Å²) in [6, 6.07) is -0.854. The van der Waals surface area contributed by atoms with Gasteiger partial charge >= 0.3 is 5.97 Å². The van der Waals surface area contributed by atoms with E-state index >= 15 is 0 Å². The Balaban J connectivity index is 3.38. The molecule has 17 heavy (non-hydrogen) atoms. The summed E-state index contributed by atoms with van der Waals surface area (Å²) in [4.78, 5) is 21.7. The highest BCUT2D eigenvalue weighted by atomic mass is 16.4. The predicted molar refractivity (Wildman–Crippen MR) is 66.6 cm³/mol. The van der Waals surface area contributed by atoms with Gasteiger partial charge in [-0.25, -0.2) is 0 Å². The highest BCUT2D eigenvalue weighted by Gasteiger charge is 2.11. The van der Waals surface area contributed by atoms with Crippen LogP contribution in [0.15, 0.2) is 0 Å². The molecule has 0 aromatic rings. The first-order valence-electron chi connectivity index (χ1n) is 6.33. The van der Waals surface area contributed by atoms with E-state index in [-0.39, 0.29) is 5.91 Å². The van der Waals surface area contributed by atoms with Crippen LogP contribution in [0.5, 0.6) is 0 Å². The maximum atomic E-state index is 11.3. The maximum Gasteiger partial charge on any atom is 0.320 e. The zero-order valence-corrected chi connectivity index (χ0v) is 10.6. The van der Waals surface area contributed by atoms with Crippen LogP contribution in [0, 0.1) is 0 Å². The van der Waals surface area contributed by atoms with Gasteiger partial charge in [-0.2, -0.15) is 0 Å². The first-order valence-corrected chi connectivity index (χ1v) is 6.33. The Morgan fingerprint density at radius 2 is 1.94 bits per heavy atom. The molecule has 0 aliphatic rings. The zero-order valence-electron chi connectivity index (χ0n) is 10.6. The molecule has 4 N–H and O–H groups in total. The third-order valence-electron chi connectivity index (χ3n) is 2.59. The van der Waals surface area contributed by atoms with Crippen LogP contribution < -0.4 is 11.1 Å². The van der Waals surface area contributed by atoms with Gasteiger partial charge < -0.3 is 16.2 Å². The molecular formula is C12H24N2O3. The normalized spacial score (nSPS) is 12.1. The number of hydrogen-bond acceptors (Lipinski definition) is 3. The highest BCUT2D eigenvalue weighted by Crippen LogP contribution is 2.00. The first kappa shape index (κ1) is 15.9. The number of nitrogens with one attached hydrogen (secondary N) is 1. The van der Waals surface area contributed by atoms with E-state index in [2.05, 4.69) is 12.2 Å². The number of rotatable bonds is 10. The molecule has 0 aromatic carbocycles. The molecule has 0 saturated heterocycles. The van der Waals surface area contributed by atoms with Crippen molar-refractivity contribution in [3.8, 4) is 0 Å². The Morgan fingerprint density at radius 1 is 1.24 bits per heavy atom. The Hall–Kier alpha value is -1.10. The van der Waals surface area contributed by atoms with Crippen molar-refractivity contribution in [3.63, 3.8) is 0 Å². The molecule has 100 valence electrons. The highest BCUT2D eigenvalue weighted by molar-refractivity contribution is 5.76. The second-order valence-electron chi connectivity index (χ2n) is 4.25. The molecule has 0 heterocycles. The van der Waals surface area contributed by atoms with Gasteiger partial charge in [0.05, 0.1) is 0 Å². The minimum atomic E-state index is -1.01. The molecule has 0 radical (unpaired) electrons. The van der Waals surface area contributed by atoms with Crippen molar-refractivity contribution in [3.05, 3.63) is 0 Å². The van der Waals surface area contributed by atoms with Crippen LogP contribution in [0.3, 0.4) is 0 Å². The molecule has 0 aromatic heterocycles. The fraction of sp³-hybridized carbons (Fsp3) is 0.833. The number of carboxylic acids is 1. The van der Waals surface area contributed by atoms with Gasteiger partial charge in [-0.1, -0.05) is 26.2 Å². The van der Waals surface area contributed by atoms with Crippen molar-refractivity contribution in [2.45, 2.75) is 57.9 Å². The van der Waals surface area contributed by atoms with Crippen LogP contribution in [0.25, 0.3) is 0 Å². The van der Waals surface area contributed by atoms with Crippen LogP contribution in [-0.2, 0) is 9.59 Å². The molecule has 0 aliphatic heterocycles. The van der Waals surface area contributed by atoms with Crippen molar-refractivity contribution in [2.75, 3.05) is 6.54 Å². The molecule has 0 aliphatic carbocycles. The van der Waals surface area contributed by atoms with Crippen LogP contribution in [0.2, 0.25) is 0 Å². The lowest BCUT2D eigenvalue weighted by Gasteiger charge is -2.07. The molecule has 1 atom stereocenters. The lowest BCUT2D eigenvalue weighted by atomic mass is 10.1. The van der Waals surface area contributed by atoms with Gasteiger partial charge in [0.1, 0.15) is 6.04 Å². The number of nitrogens with two attached hydrogens (primary N) is 1. The van der Waals surface area contributed by atoms with Crippen molar-refractivity contribution in [1.82, 2.24) is 5.32 Å². The Morgan fingerprint density at radius 3 is 2.53 bits per heavy atom. The Kier molecular flexibility index (Phi) is 9.43. The van der Waals surface area contributed by atoms with Gasteiger partial charge in [-0.05, 0) is 19.3 Å². The summed E-state index contributed by atoms with van der Waals surface area (Å²) in [5.74, 6) is -1.02. The van der Waals surface area contributed by atoms with Crippen molar-refractivity contribution in [2.24, 2.45) is 5.73 Å². The summed E-state index contributed by atoms with van der Waals surface area (Å²) in [6.07, 6.45) is 5.75. The number of carboxylic acid groups (broad SMARTS) is 1. The summed E-state index contributed by atoms with van der Waals surface area (Å²) < 4.78 is 0. The van der Waals surface area contributed by atoms with E-state index in [1.54, 1.807) is 0 Å². The number of hydrogen-bond donors (Lipinski definition) is 3. The minimum absolute atomic E-state index is 0.0147. The molecule has 0 rings (SSSR count). The summed E-state index contributed by atoms with van der Waals surface area (Å²) in [6.45, 7) is 2.86. The largest absolute Gasteiger partial charge is 0.480 e. The molecule has 0 unspecified atom stereocenters. The number of amides is 1. The summed E-state index contributed by atoms with van der Waals surface area (Å²) in [5.41, 5.74) is 5.33. The number of carbonyl (C=O) groups is 2. The van der Waals surface area contributed by atoms with Crippen molar-refractivity contribution < 1.29 is 14.7 Å². The fourth-order valence-electron chi connectivity index (χ4n) is 1.47. The van der Waals surface area contributed by atoms with E-state index in [0.29, 0.717) is 25.8 Å². The smallest absolute Gasteiger partial charge is 0.320 e. The zero-order chi connectivity index (χ0) is 13.1. The minimum Gasteiger partial charge on any atom is -0.480 e. The summed E-state index contributed by atoms with van der Waals surface area (Å²) >= 11 is 0. The fourth-order valence-corrected chi connectivity index (χ4v) is 1.47. The topological polar surface area (TPSA) is 92.4 Å². The number of unbranched alkanes of at least 4 members (excludes halogenated alkanes) is 3. The van der Waals surface area contributed by atoms with Crippen LogP contribution in [0.4, 0.5) is 0 Å². The predicted octanol–water partition coefficient (Wildman–Crippen LogP) is 1.27. The number of aliphatic carboxylic acids is 1. The van der Waals surface area contributed by atoms with Crippen molar-refractivity contribution in [1.29, 1.82) is 0 Å². The molecule has 0 saturated carbocycles. The molecule has 0 spiro atoms. The molecule has 0 fully saturated rings. The summed E-state index contributed by atoms with van der Waals surface area (Å²) in [5, 5.41) is 11.4. The molecule has 5 heteroatoms. The van der Waals surface area contributed by atoms with Crippen LogP contribution in [-0.4, -0.2) is 29.6 Å². The molecular weight excluding hydrogens is 220 g/mol. The maximum absolute atomic E-state index is 11.3. The molecule has 0 bridgehead atoms. The number of carbonyl (C=O) groups excluding carboxylic acids is 1. The Bertz CT molecular complexity index is 232. The van der Waals surface area contributed by atoms with E-state index in [0.717, 1.165) is 12.8 Å². The van der Waals surface area contributed by atoms with E-state index in [4.69, 9.17) is 10.8 Å². The standard InChI is InChI=1S/C12H24N2O3/c1-2-3-4-5-9-14-11(15)8-6-7-10(13)12(16)17/h10H,2-9,13H2,1H3,(H,14,15)(H,16,17)/t10-/m0/s1. The van der Waals surface area contributed by atoms with Gasteiger partial charge in [-0.15, -0.1) is 0 Å².